The highest BCUT2D eigenvalue weighted by Gasteiger charge is 2.97. The van der Waals surface area contributed by atoms with Crippen LogP contribution in [0.1, 0.15) is 13.3 Å². The lowest BCUT2D eigenvalue weighted by atomic mass is 9.89. The Balaban J connectivity index is 2.88. The van der Waals surface area contributed by atoms with Gasteiger partial charge in [0.15, 0.2) is 0 Å². The van der Waals surface area contributed by atoms with Crippen molar-refractivity contribution in [1.82, 2.24) is 0 Å². The highest BCUT2D eigenvalue weighted by atomic mass is 19.4. The standard InChI is InChI=1S/C17H10F22O5/c1-2-40-7(12(28,15(33,34)35)42-6(18)19)3-4(9(21,22)23)5(41-7)8(20,14(30,31)32)43-17(38,39)13(29)10(24,25)11(26,27)16(36,37)44-13/h4-6H,2-3H2,1H3. The third-order valence-electron chi connectivity index (χ3n) is 5.91. The van der Waals surface area contributed by atoms with E-state index in [9.17, 15) is 87.8 Å². The summed E-state index contributed by atoms with van der Waals surface area (Å²) in [6.07, 6.45) is -45.5. The Morgan fingerprint density at radius 3 is 1.55 bits per heavy atom. The van der Waals surface area contributed by atoms with E-state index in [4.69, 9.17) is 0 Å². The molecule has 0 N–H and O–H groups in total. The minimum atomic E-state index is -7.95. The third-order valence-corrected chi connectivity index (χ3v) is 5.91. The molecular weight excluding hydrogens is 702 g/mol. The van der Waals surface area contributed by atoms with Crippen LogP contribution in [0.4, 0.5) is 96.6 Å². The minimum Gasteiger partial charge on any atom is -0.345 e. The zero-order valence-corrected chi connectivity index (χ0v) is 20.0. The summed E-state index contributed by atoms with van der Waals surface area (Å²) in [5, 5.41) is 0. The molecule has 0 amide bonds. The molecule has 2 fully saturated rings. The second-order valence-corrected chi connectivity index (χ2v) is 8.67. The Kier molecular flexibility index (Phi) is 9.07. The van der Waals surface area contributed by atoms with Crippen LogP contribution in [0.5, 0.6) is 0 Å². The fourth-order valence-corrected chi connectivity index (χ4v) is 3.94. The molecule has 0 radical (unpaired) electrons. The number of halogens is 22. The fourth-order valence-electron chi connectivity index (χ4n) is 3.94. The van der Waals surface area contributed by atoms with Crippen LogP contribution in [0.3, 0.4) is 0 Å². The molecule has 0 aromatic carbocycles. The van der Waals surface area contributed by atoms with Crippen molar-refractivity contribution in [2.24, 2.45) is 5.92 Å². The van der Waals surface area contributed by atoms with Gasteiger partial charge in [-0.25, -0.2) is 0 Å². The normalized spacial score (nSPS) is 33.8. The van der Waals surface area contributed by atoms with E-state index in [2.05, 4.69) is 14.2 Å². The summed E-state index contributed by atoms with van der Waals surface area (Å²) < 4.78 is 315. The summed E-state index contributed by atoms with van der Waals surface area (Å²) in [7, 11) is 0. The van der Waals surface area contributed by atoms with Crippen molar-refractivity contribution >= 4 is 0 Å². The maximum Gasteiger partial charge on any atom is 0.454 e. The van der Waals surface area contributed by atoms with Gasteiger partial charge in [-0.15, -0.1) is 0 Å². The summed E-state index contributed by atoms with van der Waals surface area (Å²) in [5.41, 5.74) is 0. The Morgan fingerprint density at radius 2 is 1.23 bits per heavy atom. The summed E-state index contributed by atoms with van der Waals surface area (Å²) in [5.74, 6) is -47.2. The van der Waals surface area contributed by atoms with Gasteiger partial charge in [-0.3, -0.25) is 14.2 Å². The summed E-state index contributed by atoms with van der Waals surface area (Å²) >= 11 is 0. The number of alkyl halides is 22. The first kappa shape index (κ1) is 38.4. The number of rotatable bonds is 9. The summed E-state index contributed by atoms with van der Waals surface area (Å²) in [6.45, 7) is -6.43. The van der Waals surface area contributed by atoms with Crippen molar-refractivity contribution in [2.45, 2.75) is 92.0 Å². The quantitative estimate of drug-likeness (QED) is 0.231. The molecule has 6 unspecified atom stereocenters. The first-order valence-corrected chi connectivity index (χ1v) is 10.5. The maximum absolute atomic E-state index is 15.3. The van der Waals surface area contributed by atoms with Gasteiger partial charge in [-0.1, -0.05) is 0 Å². The maximum atomic E-state index is 15.3. The fraction of sp³-hybridized carbons (Fsp3) is 1.00. The van der Waals surface area contributed by atoms with Crippen LogP contribution < -0.4 is 0 Å². The van der Waals surface area contributed by atoms with Gasteiger partial charge in [0.2, 0.25) is 5.79 Å². The van der Waals surface area contributed by atoms with E-state index in [1.807, 2.05) is 9.47 Å². The molecule has 2 aliphatic heterocycles. The SMILES string of the molecule is CCOC1(C(F)(OC(F)F)C(F)(F)F)CC(C(F)(F)F)C(C(F)(OC(F)(F)C2(F)OC(F)(F)C(F)(F)C2(F)F)C(F)(F)F)O1. The average Bonchev–Trinajstić information content (AvgIpc) is 3.22. The molecule has 5 nitrogen and oxygen atoms in total. The lowest BCUT2D eigenvalue weighted by Gasteiger charge is -2.43. The molecule has 0 aromatic rings. The molecule has 0 bridgehead atoms. The summed E-state index contributed by atoms with van der Waals surface area (Å²) in [4.78, 5) is 0. The molecule has 0 spiro atoms. The van der Waals surface area contributed by atoms with Crippen molar-refractivity contribution in [2.75, 3.05) is 6.61 Å². The molecular formula is C17H10F22O5. The Labute approximate surface area is 226 Å². The van der Waals surface area contributed by atoms with Crippen LogP contribution in [0.15, 0.2) is 0 Å². The van der Waals surface area contributed by atoms with E-state index in [-0.39, 0.29) is 0 Å². The molecule has 2 heterocycles. The van der Waals surface area contributed by atoms with Crippen LogP contribution >= 0.6 is 0 Å². The van der Waals surface area contributed by atoms with Crippen LogP contribution in [0.25, 0.3) is 0 Å². The van der Waals surface area contributed by atoms with Gasteiger partial charge in [-0.2, -0.15) is 96.6 Å². The van der Waals surface area contributed by atoms with Crippen LogP contribution in [-0.2, 0) is 23.7 Å². The predicted octanol–water partition coefficient (Wildman–Crippen LogP) is 7.55. The molecule has 262 valence electrons. The monoisotopic (exact) mass is 712 g/mol. The number of ether oxygens (including phenoxy) is 5. The van der Waals surface area contributed by atoms with E-state index in [1.54, 1.807) is 0 Å². The zero-order chi connectivity index (χ0) is 35.2. The van der Waals surface area contributed by atoms with Crippen molar-refractivity contribution in [3.8, 4) is 0 Å². The van der Waals surface area contributed by atoms with Crippen molar-refractivity contribution in [3.05, 3.63) is 0 Å². The molecule has 0 saturated carbocycles. The highest BCUT2D eigenvalue weighted by Crippen LogP contribution is 2.67. The van der Waals surface area contributed by atoms with Gasteiger partial charge < -0.3 is 9.47 Å². The lowest BCUT2D eigenvalue weighted by Crippen LogP contribution is -2.68. The molecule has 0 aromatic heterocycles. The van der Waals surface area contributed by atoms with Crippen LogP contribution in [-0.4, -0.2) is 85.3 Å². The smallest absolute Gasteiger partial charge is 0.345 e. The molecule has 2 aliphatic rings. The zero-order valence-electron chi connectivity index (χ0n) is 20.0. The third kappa shape index (κ3) is 5.29. The van der Waals surface area contributed by atoms with Crippen LogP contribution in [0.2, 0.25) is 0 Å². The second-order valence-electron chi connectivity index (χ2n) is 8.67. The first-order valence-electron chi connectivity index (χ1n) is 10.5. The van der Waals surface area contributed by atoms with E-state index >= 15 is 8.78 Å². The van der Waals surface area contributed by atoms with E-state index in [0.29, 0.717) is 6.92 Å². The second kappa shape index (κ2) is 10.4. The number of hydrogen-bond acceptors (Lipinski definition) is 5. The summed E-state index contributed by atoms with van der Waals surface area (Å²) in [6, 6.07) is 0. The van der Waals surface area contributed by atoms with Gasteiger partial charge in [0, 0.05) is 13.0 Å². The number of hydrogen-bond donors (Lipinski definition) is 0. The van der Waals surface area contributed by atoms with E-state index in [0.717, 1.165) is 0 Å². The first-order chi connectivity index (χ1) is 19.1. The highest BCUT2D eigenvalue weighted by molar-refractivity contribution is 5.13. The van der Waals surface area contributed by atoms with Crippen molar-refractivity contribution in [3.63, 3.8) is 0 Å². The van der Waals surface area contributed by atoms with Gasteiger partial charge in [-0.05, 0) is 6.92 Å². The van der Waals surface area contributed by atoms with Gasteiger partial charge >= 0.3 is 66.8 Å². The van der Waals surface area contributed by atoms with Crippen molar-refractivity contribution in [1.29, 1.82) is 0 Å². The molecule has 44 heavy (non-hydrogen) atoms. The topological polar surface area (TPSA) is 46.2 Å². The van der Waals surface area contributed by atoms with Gasteiger partial charge in [0.1, 0.15) is 6.10 Å². The lowest BCUT2D eigenvalue weighted by molar-refractivity contribution is -0.514. The van der Waals surface area contributed by atoms with E-state index in [1.165, 1.54) is 0 Å². The largest absolute Gasteiger partial charge is 0.454 e. The molecule has 6 atom stereocenters. The van der Waals surface area contributed by atoms with E-state index < -0.39 is 97.6 Å². The average molecular weight is 712 g/mol. The van der Waals surface area contributed by atoms with Crippen LogP contribution in [0, 0.1) is 5.92 Å². The molecule has 2 rings (SSSR count). The predicted molar refractivity (Wildman–Crippen MR) is 86.1 cm³/mol. The molecule has 0 aliphatic carbocycles. The Bertz CT molecular complexity index is 1060. The minimum absolute atomic E-state index is 0.351. The molecule has 27 heteroatoms. The van der Waals surface area contributed by atoms with Crippen molar-refractivity contribution < 1.29 is 120 Å². The molecule has 2 saturated heterocycles. The Morgan fingerprint density at radius 1 is 0.750 bits per heavy atom. The van der Waals surface area contributed by atoms with Gasteiger partial charge in [0.05, 0.1) is 5.92 Å². The van der Waals surface area contributed by atoms with Gasteiger partial charge in [0.25, 0.3) is 0 Å². The Hall–Kier alpha value is -1.74.